The summed E-state index contributed by atoms with van der Waals surface area (Å²) in [5.41, 5.74) is 6.05. The first kappa shape index (κ1) is 14.9. The molecule has 2 bridgehead atoms. The van der Waals surface area contributed by atoms with Crippen LogP contribution in [0.1, 0.15) is 44.9 Å². The van der Waals surface area contributed by atoms with Crippen LogP contribution in [0.5, 0.6) is 0 Å². The topological polar surface area (TPSA) is 58.4 Å². The van der Waals surface area contributed by atoms with Crippen molar-refractivity contribution in [1.82, 2.24) is 10.2 Å². The van der Waals surface area contributed by atoms with Crippen LogP contribution < -0.4 is 11.1 Å². The van der Waals surface area contributed by atoms with Crippen molar-refractivity contribution in [3.8, 4) is 0 Å². The maximum atomic E-state index is 11.5. The van der Waals surface area contributed by atoms with Crippen LogP contribution in [0.2, 0.25) is 0 Å². The number of nitrogens with one attached hydrogen (secondary N) is 1. The number of hydrogen-bond acceptors (Lipinski definition) is 3. The van der Waals surface area contributed by atoms with Crippen molar-refractivity contribution in [3.05, 3.63) is 0 Å². The van der Waals surface area contributed by atoms with Gasteiger partial charge in [-0.2, -0.15) is 0 Å². The number of carbonyl (C=O) groups is 1. The molecule has 4 heteroatoms. The van der Waals surface area contributed by atoms with Crippen molar-refractivity contribution in [2.45, 2.75) is 44.9 Å². The van der Waals surface area contributed by atoms with Crippen molar-refractivity contribution >= 4 is 5.91 Å². The van der Waals surface area contributed by atoms with Crippen molar-refractivity contribution in [1.29, 1.82) is 0 Å². The highest BCUT2D eigenvalue weighted by atomic mass is 16.1. The zero-order valence-electron chi connectivity index (χ0n) is 13.7. The Morgan fingerprint density at radius 1 is 1.09 bits per heavy atom. The van der Waals surface area contributed by atoms with Crippen molar-refractivity contribution in [3.63, 3.8) is 0 Å². The Hall–Kier alpha value is -0.610. The van der Waals surface area contributed by atoms with E-state index in [1.54, 1.807) is 0 Å². The summed E-state index contributed by atoms with van der Waals surface area (Å²) < 4.78 is 0. The molecule has 5 aliphatic rings. The summed E-state index contributed by atoms with van der Waals surface area (Å²) in [5, 5.41) is 3.69. The molecule has 2 atom stereocenters. The predicted octanol–water partition coefficient (Wildman–Crippen LogP) is 1.60. The summed E-state index contributed by atoms with van der Waals surface area (Å²) >= 11 is 0. The van der Waals surface area contributed by atoms with Gasteiger partial charge in [0, 0.05) is 12.5 Å². The van der Waals surface area contributed by atoms with Crippen LogP contribution in [0.25, 0.3) is 0 Å². The Labute approximate surface area is 134 Å². The maximum Gasteiger partial charge on any atom is 0.220 e. The molecular weight excluding hydrogens is 274 g/mol. The van der Waals surface area contributed by atoms with Crippen molar-refractivity contribution < 1.29 is 4.79 Å². The molecule has 3 N–H and O–H groups in total. The summed E-state index contributed by atoms with van der Waals surface area (Å²) in [5.74, 6) is 2.75. The second-order valence-corrected chi connectivity index (χ2v) is 8.40. The molecule has 1 unspecified atom stereocenters. The summed E-state index contributed by atoms with van der Waals surface area (Å²) in [6.45, 7) is 6.36. The molecule has 4 nitrogen and oxygen atoms in total. The summed E-state index contributed by atoms with van der Waals surface area (Å²) in [6, 6.07) is 0. The summed E-state index contributed by atoms with van der Waals surface area (Å²) in [7, 11) is 0. The van der Waals surface area contributed by atoms with Crippen LogP contribution in [-0.2, 0) is 4.79 Å². The maximum absolute atomic E-state index is 11.5. The molecule has 1 amide bonds. The van der Waals surface area contributed by atoms with Crippen LogP contribution in [0.15, 0.2) is 0 Å². The highest BCUT2D eigenvalue weighted by Crippen LogP contribution is 2.53. The monoisotopic (exact) mass is 305 g/mol. The van der Waals surface area contributed by atoms with Crippen molar-refractivity contribution in [2.75, 3.05) is 32.7 Å². The van der Waals surface area contributed by atoms with Gasteiger partial charge in [-0.1, -0.05) is 0 Å². The van der Waals surface area contributed by atoms with E-state index in [1.165, 1.54) is 64.8 Å². The van der Waals surface area contributed by atoms with E-state index < -0.39 is 0 Å². The Balaban J connectivity index is 1.51. The molecule has 0 aromatic rings. The third-order valence-electron chi connectivity index (χ3n) is 7.56. The standard InChI is InChI=1S/C18H31N3O/c19-17(22)14-1-5-18(6-2-14)7-8-20-11-16(18)15-12-21-9-3-13(15)4-10-21/h13-16,20H,1-12H2,(H2,19,22)/t14?,15-,16?,18?/m1/s1. The molecule has 0 aromatic heterocycles. The summed E-state index contributed by atoms with van der Waals surface area (Å²) in [6.07, 6.45) is 8.68. The van der Waals surface area contributed by atoms with E-state index in [2.05, 4.69) is 10.2 Å². The zero-order chi connectivity index (χ0) is 15.2. The van der Waals surface area contributed by atoms with E-state index in [4.69, 9.17) is 5.73 Å². The Morgan fingerprint density at radius 2 is 1.82 bits per heavy atom. The molecule has 1 aliphatic carbocycles. The smallest absolute Gasteiger partial charge is 0.220 e. The molecule has 124 valence electrons. The van der Waals surface area contributed by atoms with Gasteiger partial charge in [0.05, 0.1) is 0 Å². The third kappa shape index (κ3) is 2.48. The number of carbonyl (C=O) groups excluding carboxylic acids is 1. The second-order valence-electron chi connectivity index (χ2n) is 8.40. The SMILES string of the molecule is NC(=O)C1CCC2(CCNCC2[C@@H]2CN3CCC2CC3)CC1. The quantitative estimate of drug-likeness (QED) is 0.815. The highest BCUT2D eigenvalue weighted by molar-refractivity contribution is 5.76. The van der Waals surface area contributed by atoms with E-state index in [9.17, 15) is 4.79 Å². The lowest BCUT2D eigenvalue weighted by atomic mass is 9.54. The fourth-order valence-corrected chi connectivity index (χ4v) is 6.17. The highest BCUT2D eigenvalue weighted by Gasteiger charge is 2.50. The molecule has 0 aromatic carbocycles. The lowest BCUT2D eigenvalue weighted by molar-refractivity contribution is -0.125. The fraction of sp³-hybridized carbons (Fsp3) is 0.944. The minimum Gasteiger partial charge on any atom is -0.369 e. The first-order valence-corrected chi connectivity index (χ1v) is 9.40. The first-order valence-electron chi connectivity index (χ1n) is 9.40. The Kier molecular flexibility index (Phi) is 3.93. The minimum absolute atomic E-state index is 0.0665. The number of piperidine rings is 4. The van der Waals surface area contributed by atoms with E-state index in [-0.39, 0.29) is 11.8 Å². The molecule has 0 radical (unpaired) electrons. The molecule has 1 spiro atoms. The van der Waals surface area contributed by atoms with E-state index in [0.717, 1.165) is 30.6 Å². The molecule has 5 fully saturated rings. The molecule has 1 saturated carbocycles. The number of rotatable bonds is 2. The number of nitrogens with zero attached hydrogens (tertiary/aromatic N) is 1. The Bertz CT molecular complexity index is 422. The lowest BCUT2D eigenvalue weighted by Crippen LogP contribution is -2.58. The molecule has 4 heterocycles. The normalized spacial score (nSPS) is 48.5. The van der Waals surface area contributed by atoms with Crippen LogP contribution in [-0.4, -0.2) is 43.5 Å². The molecule has 22 heavy (non-hydrogen) atoms. The molecule has 5 rings (SSSR count). The van der Waals surface area contributed by atoms with Gasteiger partial charge in [0.2, 0.25) is 5.91 Å². The Morgan fingerprint density at radius 3 is 2.41 bits per heavy atom. The van der Waals surface area contributed by atoms with E-state index >= 15 is 0 Å². The van der Waals surface area contributed by atoms with E-state index in [0.29, 0.717) is 5.41 Å². The first-order chi connectivity index (χ1) is 10.7. The number of fused-ring (bicyclic) bond motifs is 3. The fourth-order valence-electron chi connectivity index (χ4n) is 6.17. The van der Waals surface area contributed by atoms with Crippen molar-refractivity contribution in [2.24, 2.45) is 34.8 Å². The van der Waals surface area contributed by atoms with Gasteiger partial charge in [0.25, 0.3) is 0 Å². The van der Waals surface area contributed by atoms with Crippen LogP contribution in [0.3, 0.4) is 0 Å². The molecule has 4 saturated heterocycles. The van der Waals surface area contributed by atoms with E-state index in [1.807, 2.05) is 0 Å². The van der Waals surface area contributed by atoms with Gasteiger partial charge < -0.3 is 16.0 Å². The van der Waals surface area contributed by atoms with Gasteiger partial charge in [-0.3, -0.25) is 4.79 Å². The van der Waals surface area contributed by atoms with Gasteiger partial charge in [-0.15, -0.1) is 0 Å². The van der Waals surface area contributed by atoms with Gasteiger partial charge in [0.15, 0.2) is 0 Å². The number of primary amides is 1. The van der Waals surface area contributed by atoms with Gasteiger partial charge >= 0.3 is 0 Å². The number of amides is 1. The number of hydrogen-bond donors (Lipinski definition) is 2. The van der Waals surface area contributed by atoms with Gasteiger partial charge in [-0.05, 0) is 94.3 Å². The number of nitrogens with two attached hydrogens (primary N) is 1. The third-order valence-corrected chi connectivity index (χ3v) is 7.56. The minimum atomic E-state index is -0.0665. The second kappa shape index (κ2) is 5.79. The van der Waals surface area contributed by atoms with Crippen LogP contribution in [0, 0.1) is 29.1 Å². The van der Waals surface area contributed by atoms with Gasteiger partial charge in [0.1, 0.15) is 0 Å². The average molecular weight is 305 g/mol. The van der Waals surface area contributed by atoms with Gasteiger partial charge in [-0.25, -0.2) is 0 Å². The van der Waals surface area contributed by atoms with Crippen LogP contribution >= 0.6 is 0 Å². The predicted molar refractivity (Wildman–Crippen MR) is 87.2 cm³/mol. The molecular formula is C18H31N3O. The largest absolute Gasteiger partial charge is 0.369 e. The molecule has 4 aliphatic heterocycles. The zero-order valence-corrected chi connectivity index (χ0v) is 13.7. The lowest BCUT2D eigenvalue weighted by Gasteiger charge is -2.56. The average Bonchev–Trinajstić information content (AvgIpc) is 2.57. The van der Waals surface area contributed by atoms with Crippen LogP contribution in [0.4, 0.5) is 0 Å². The summed E-state index contributed by atoms with van der Waals surface area (Å²) in [4.78, 5) is 14.2.